The van der Waals surface area contributed by atoms with Crippen LogP contribution < -0.4 is 5.73 Å². The SMILES string of the molecule is Cc1ccccc1CN(C)CCC1(N)CCCC1. The highest BCUT2D eigenvalue weighted by Crippen LogP contribution is 2.30. The average Bonchev–Trinajstić information content (AvgIpc) is 2.77. The first kappa shape index (κ1) is 13.6. The summed E-state index contributed by atoms with van der Waals surface area (Å²) in [6.45, 7) is 4.32. The van der Waals surface area contributed by atoms with Crippen LogP contribution in [0.15, 0.2) is 24.3 Å². The lowest BCUT2D eigenvalue weighted by Crippen LogP contribution is -2.39. The van der Waals surface area contributed by atoms with Crippen molar-refractivity contribution in [2.75, 3.05) is 13.6 Å². The van der Waals surface area contributed by atoms with Crippen molar-refractivity contribution in [3.05, 3.63) is 35.4 Å². The number of hydrogen-bond acceptors (Lipinski definition) is 2. The molecule has 0 heterocycles. The van der Waals surface area contributed by atoms with Crippen molar-refractivity contribution in [3.63, 3.8) is 0 Å². The van der Waals surface area contributed by atoms with Crippen LogP contribution in [0.1, 0.15) is 43.2 Å². The number of aryl methyl sites for hydroxylation is 1. The fourth-order valence-electron chi connectivity index (χ4n) is 2.90. The Kier molecular flexibility index (Phi) is 4.41. The second-order valence-electron chi connectivity index (χ2n) is 5.98. The minimum atomic E-state index is 0.125. The molecule has 0 aliphatic heterocycles. The monoisotopic (exact) mass is 246 g/mol. The molecule has 0 bridgehead atoms. The van der Waals surface area contributed by atoms with Crippen LogP contribution in [0, 0.1) is 6.92 Å². The molecule has 1 saturated carbocycles. The Hall–Kier alpha value is -0.860. The highest BCUT2D eigenvalue weighted by molar-refractivity contribution is 5.25. The number of hydrogen-bond donors (Lipinski definition) is 1. The van der Waals surface area contributed by atoms with Crippen molar-refractivity contribution in [2.24, 2.45) is 5.73 Å². The molecule has 0 saturated heterocycles. The van der Waals surface area contributed by atoms with Crippen molar-refractivity contribution in [3.8, 4) is 0 Å². The van der Waals surface area contributed by atoms with Gasteiger partial charge >= 0.3 is 0 Å². The maximum absolute atomic E-state index is 6.40. The van der Waals surface area contributed by atoms with Gasteiger partial charge in [0.25, 0.3) is 0 Å². The third-order valence-corrected chi connectivity index (χ3v) is 4.29. The molecule has 0 atom stereocenters. The quantitative estimate of drug-likeness (QED) is 0.865. The van der Waals surface area contributed by atoms with Crippen LogP contribution in [0.25, 0.3) is 0 Å². The predicted octanol–water partition coefficient (Wildman–Crippen LogP) is 3.09. The minimum Gasteiger partial charge on any atom is -0.325 e. The van der Waals surface area contributed by atoms with Gasteiger partial charge in [-0.3, -0.25) is 0 Å². The number of rotatable bonds is 5. The fourth-order valence-corrected chi connectivity index (χ4v) is 2.90. The molecular weight excluding hydrogens is 220 g/mol. The fraction of sp³-hybridized carbons (Fsp3) is 0.625. The van der Waals surface area contributed by atoms with Gasteiger partial charge in [0.1, 0.15) is 0 Å². The van der Waals surface area contributed by atoms with Gasteiger partial charge in [0, 0.05) is 12.1 Å². The molecule has 0 amide bonds. The van der Waals surface area contributed by atoms with Crippen LogP contribution in [0.4, 0.5) is 0 Å². The highest BCUT2D eigenvalue weighted by atomic mass is 15.1. The first-order chi connectivity index (χ1) is 8.59. The van der Waals surface area contributed by atoms with Gasteiger partial charge in [-0.25, -0.2) is 0 Å². The van der Waals surface area contributed by atoms with E-state index in [0.29, 0.717) is 0 Å². The summed E-state index contributed by atoms with van der Waals surface area (Å²) in [6.07, 6.45) is 6.20. The first-order valence-electron chi connectivity index (χ1n) is 7.11. The number of nitrogens with two attached hydrogens (primary N) is 1. The van der Waals surface area contributed by atoms with Crippen molar-refractivity contribution in [1.82, 2.24) is 4.90 Å². The summed E-state index contributed by atoms with van der Waals surface area (Å²) in [5, 5.41) is 0. The Morgan fingerprint density at radius 2 is 1.89 bits per heavy atom. The first-order valence-corrected chi connectivity index (χ1v) is 7.11. The van der Waals surface area contributed by atoms with E-state index < -0.39 is 0 Å². The molecule has 1 aliphatic carbocycles. The third-order valence-electron chi connectivity index (χ3n) is 4.29. The highest BCUT2D eigenvalue weighted by Gasteiger charge is 2.28. The Morgan fingerprint density at radius 3 is 2.56 bits per heavy atom. The molecule has 1 fully saturated rings. The van der Waals surface area contributed by atoms with Crippen molar-refractivity contribution in [2.45, 2.75) is 51.1 Å². The zero-order valence-corrected chi connectivity index (χ0v) is 11.8. The lowest BCUT2D eigenvalue weighted by Gasteiger charge is -2.27. The van der Waals surface area contributed by atoms with Gasteiger partial charge in [0.2, 0.25) is 0 Å². The molecule has 1 aromatic rings. The molecule has 2 N–H and O–H groups in total. The van der Waals surface area contributed by atoms with E-state index in [2.05, 4.69) is 43.1 Å². The lowest BCUT2D eigenvalue weighted by atomic mass is 9.94. The molecule has 2 rings (SSSR count). The number of nitrogens with zero attached hydrogens (tertiary/aromatic N) is 1. The van der Waals surface area contributed by atoms with E-state index in [4.69, 9.17) is 5.73 Å². The molecule has 0 unspecified atom stereocenters. The Balaban J connectivity index is 1.82. The Morgan fingerprint density at radius 1 is 1.22 bits per heavy atom. The lowest BCUT2D eigenvalue weighted by molar-refractivity contribution is 0.273. The minimum absolute atomic E-state index is 0.125. The van der Waals surface area contributed by atoms with Crippen LogP contribution >= 0.6 is 0 Å². The molecule has 0 radical (unpaired) electrons. The summed E-state index contributed by atoms with van der Waals surface area (Å²) in [5.41, 5.74) is 9.34. The van der Waals surface area contributed by atoms with Gasteiger partial charge in [0.15, 0.2) is 0 Å². The van der Waals surface area contributed by atoms with Crippen molar-refractivity contribution in [1.29, 1.82) is 0 Å². The normalized spacial score (nSPS) is 18.4. The molecule has 0 spiro atoms. The molecule has 100 valence electrons. The van der Waals surface area contributed by atoms with E-state index in [1.807, 2.05) is 0 Å². The second kappa shape index (κ2) is 5.85. The van der Waals surface area contributed by atoms with Crippen LogP contribution in [-0.2, 0) is 6.54 Å². The predicted molar refractivity (Wildman–Crippen MR) is 77.5 cm³/mol. The topological polar surface area (TPSA) is 29.3 Å². The van der Waals surface area contributed by atoms with Crippen LogP contribution in [0.3, 0.4) is 0 Å². The molecule has 2 heteroatoms. The number of benzene rings is 1. The smallest absolute Gasteiger partial charge is 0.0233 e. The van der Waals surface area contributed by atoms with Crippen LogP contribution in [-0.4, -0.2) is 24.0 Å². The van der Waals surface area contributed by atoms with E-state index in [1.54, 1.807) is 0 Å². The summed E-state index contributed by atoms with van der Waals surface area (Å²) in [6, 6.07) is 8.63. The Labute approximate surface area is 111 Å². The maximum Gasteiger partial charge on any atom is 0.0233 e. The van der Waals surface area contributed by atoms with Gasteiger partial charge in [0.05, 0.1) is 0 Å². The van der Waals surface area contributed by atoms with Gasteiger partial charge in [-0.1, -0.05) is 37.1 Å². The van der Waals surface area contributed by atoms with Gasteiger partial charge in [-0.15, -0.1) is 0 Å². The summed E-state index contributed by atoms with van der Waals surface area (Å²) < 4.78 is 0. The second-order valence-corrected chi connectivity index (χ2v) is 5.98. The van der Waals surface area contributed by atoms with E-state index in [9.17, 15) is 0 Å². The molecule has 0 aromatic heterocycles. The summed E-state index contributed by atoms with van der Waals surface area (Å²) in [4.78, 5) is 2.40. The van der Waals surface area contributed by atoms with Crippen molar-refractivity contribution < 1.29 is 0 Å². The standard InChI is InChI=1S/C16H26N2/c1-14-7-3-4-8-15(14)13-18(2)12-11-16(17)9-5-6-10-16/h3-4,7-8H,5-6,9-13,17H2,1-2H3. The van der Waals surface area contributed by atoms with E-state index in [1.165, 1.54) is 36.8 Å². The molecule has 1 aliphatic rings. The molecule has 18 heavy (non-hydrogen) atoms. The average molecular weight is 246 g/mol. The van der Waals surface area contributed by atoms with E-state index in [-0.39, 0.29) is 5.54 Å². The zero-order chi connectivity index (χ0) is 13.0. The summed E-state index contributed by atoms with van der Waals surface area (Å²) >= 11 is 0. The van der Waals surface area contributed by atoms with E-state index in [0.717, 1.165) is 19.5 Å². The van der Waals surface area contributed by atoms with Gasteiger partial charge in [-0.2, -0.15) is 0 Å². The van der Waals surface area contributed by atoms with Gasteiger partial charge < -0.3 is 10.6 Å². The van der Waals surface area contributed by atoms with Crippen molar-refractivity contribution >= 4 is 0 Å². The van der Waals surface area contributed by atoms with Gasteiger partial charge in [-0.05, 0) is 50.9 Å². The van der Waals surface area contributed by atoms with Crippen LogP contribution in [0.5, 0.6) is 0 Å². The molecule has 1 aromatic carbocycles. The largest absolute Gasteiger partial charge is 0.325 e. The zero-order valence-electron chi connectivity index (χ0n) is 11.8. The summed E-state index contributed by atoms with van der Waals surface area (Å²) in [5.74, 6) is 0. The molecular formula is C16H26N2. The summed E-state index contributed by atoms with van der Waals surface area (Å²) in [7, 11) is 2.20. The van der Waals surface area contributed by atoms with E-state index >= 15 is 0 Å². The maximum atomic E-state index is 6.40. The molecule has 2 nitrogen and oxygen atoms in total. The third kappa shape index (κ3) is 3.56. The Bertz CT molecular complexity index is 380. The van der Waals surface area contributed by atoms with Crippen LogP contribution in [0.2, 0.25) is 0 Å².